The number of nitrogens with one attached hydrogen (secondary N) is 3. The van der Waals surface area contributed by atoms with E-state index in [2.05, 4.69) is 69.0 Å². The van der Waals surface area contributed by atoms with Gasteiger partial charge in [-0.25, -0.2) is 0 Å². The van der Waals surface area contributed by atoms with Crippen molar-refractivity contribution in [2.24, 2.45) is 4.99 Å². The Hall–Kier alpha value is -2.42. The van der Waals surface area contributed by atoms with Crippen molar-refractivity contribution in [3.63, 3.8) is 0 Å². The number of benzene rings is 2. The molecule has 1 aliphatic heterocycles. The summed E-state index contributed by atoms with van der Waals surface area (Å²) in [6, 6.07) is 15.1. The SMILES string of the molecule is CN=C(NCCc1c[nH]c2cc(C)ccc12)NC1CCN(c2ccccc2OC)C1.I. The van der Waals surface area contributed by atoms with Crippen molar-refractivity contribution >= 4 is 46.5 Å². The zero-order chi connectivity index (χ0) is 20.9. The number of nitrogens with zero attached hydrogens (tertiary/aromatic N) is 2. The largest absolute Gasteiger partial charge is 0.495 e. The highest BCUT2D eigenvalue weighted by atomic mass is 127. The molecule has 7 heteroatoms. The molecule has 2 heterocycles. The number of aliphatic imine (C=N–C) groups is 1. The standard InChI is InChI=1S/C24H31N5O.HI/c1-17-8-9-20-18(15-27-21(20)14-17)10-12-26-24(25-2)28-19-11-13-29(16-19)22-6-4-5-7-23(22)30-3;/h4-9,14-15,19,27H,10-13,16H2,1-3H3,(H2,25,26,28);1H. The number of para-hydroxylation sites is 2. The van der Waals surface area contributed by atoms with Crippen molar-refractivity contribution in [3.05, 3.63) is 59.8 Å². The van der Waals surface area contributed by atoms with Crippen molar-refractivity contribution in [1.29, 1.82) is 0 Å². The van der Waals surface area contributed by atoms with Gasteiger partial charge >= 0.3 is 0 Å². The van der Waals surface area contributed by atoms with Crippen molar-refractivity contribution < 1.29 is 4.74 Å². The summed E-state index contributed by atoms with van der Waals surface area (Å²) in [7, 11) is 3.56. The van der Waals surface area contributed by atoms with Crippen LogP contribution < -0.4 is 20.3 Å². The lowest BCUT2D eigenvalue weighted by Gasteiger charge is -2.22. The van der Waals surface area contributed by atoms with Crippen LogP contribution in [0.25, 0.3) is 10.9 Å². The molecule has 1 aliphatic rings. The van der Waals surface area contributed by atoms with Crippen LogP contribution >= 0.6 is 24.0 Å². The molecule has 0 saturated carbocycles. The predicted molar refractivity (Wildman–Crippen MR) is 140 cm³/mol. The van der Waals surface area contributed by atoms with Crippen molar-refractivity contribution in [3.8, 4) is 5.75 Å². The van der Waals surface area contributed by atoms with E-state index in [1.54, 1.807) is 7.11 Å². The van der Waals surface area contributed by atoms with Gasteiger partial charge in [0.1, 0.15) is 5.75 Å². The summed E-state index contributed by atoms with van der Waals surface area (Å²) in [6.07, 6.45) is 4.13. The van der Waals surface area contributed by atoms with E-state index in [-0.39, 0.29) is 24.0 Å². The second-order valence-corrected chi connectivity index (χ2v) is 7.86. The first-order valence-electron chi connectivity index (χ1n) is 10.6. The molecule has 4 rings (SSSR count). The van der Waals surface area contributed by atoms with Crippen LogP contribution in [0.5, 0.6) is 5.75 Å². The van der Waals surface area contributed by atoms with Gasteiger partial charge in [0.05, 0.1) is 12.8 Å². The minimum Gasteiger partial charge on any atom is -0.495 e. The van der Waals surface area contributed by atoms with Gasteiger partial charge in [-0.05, 0) is 49.1 Å². The maximum atomic E-state index is 5.52. The molecular weight excluding hydrogens is 501 g/mol. The molecule has 3 N–H and O–H groups in total. The van der Waals surface area contributed by atoms with Gasteiger partial charge in [-0.15, -0.1) is 24.0 Å². The lowest BCUT2D eigenvalue weighted by Crippen LogP contribution is -2.45. The first kappa shape index (κ1) is 23.2. The van der Waals surface area contributed by atoms with Gasteiger partial charge in [-0.3, -0.25) is 4.99 Å². The Balaban J connectivity index is 0.00000272. The normalized spacial score (nSPS) is 16.3. The maximum Gasteiger partial charge on any atom is 0.191 e. The fourth-order valence-corrected chi connectivity index (χ4v) is 4.20. The van der Waals surface area contributed by atoms with Gasteiger partial charge in [0.15, 0.2) is 5.96 Å². The summed E-state index contributed by atoms with van der Waals surface area (Å²) in [6.45, 7) is 4.89. The molecule has 0 bridgehead atoms. The van der Waals surface area contributed by atoms with Gasteiger partial charge < -0.3 is 25.3 Å². The average molecular weight is 533 g/mol. The highest BCUT2D eigenvalue weighted by Gasteiger charge is 2.25. The molecule has 6 nitrogen and oxygen atoms in total. The molecule has 31 heavy (non-hydrogen) atoms. The molecular formula is C24H32IN5O. The quantitative estimate of drug-likeness (QED) is 0.254. The van der Waals surface area contributed by atoms with E-state index in [9.17, 15) is 0 Å². The summed E-state index contributed by atoms with van der Waals surface area (Å²) in [5, 5.41) is 8.35. The molecule has 0 amide bonds. The first-order chi connectivity index (χ1) is 14.7. The van der Waals surface area contributed by atoms with E-state index in [4.69, 9.17) is 4.74 Å². The molecule has 1 unspecified atom stereocenters. The van der Waals surface area contributed by atoms with E-state index in [1.807, 2.05) is 19.2 Å². The van der Waals surface area contributed by atoms with Gasteiger partial charge in [0.2, 0.25) is 0 Å². The molecule has 0 radical (unpaired) electrons. The number of anilines is 1. The Morgan fingerprint density at radius 3 is 2.90 bits per heavy atom. The number of halogens is 1. The van der Waals surface area contributed by atoms with E-state index >= 15 is 0 Å². The third kappa shape index (κ3) is 5.44. The molecule has 166 valence electrons. The molecule has 3 aromatic rings. The zero-order valence-electron chi connectivity index (χ0n) is 18.4. The summed E-state index contributed by atoms with van der Waals surface area (Å²) in [5.74, 6) is 1.78. The van der Waals surface area contributed by atoms with E-state index in [1.165, 1.54) is 22.0 Å². The Morgan fingerprint density at radius 2 is 2.10 bits per heavy atom. The number of fused-ring (bicyclic) bond motifs is 1. The second-order valence-electron chi connectivity index (χ2n) is 7.86. The van der Waals surface area contributed by atoms with Crippen LogP contribution in [0.1, 0.15) is 17.5 Å². The van der Waals surface area contributed by atoms with Gasteiger partial charge in [0.25, 0.3) is 0 Å². The summed E-state index contributed by atoms with van der Waals surface area (Å²) in [4.78, 5) is 10.2. The van der Waals surface area contributed by atoms with Crippen LogP contribution in [0.3, 0.4) is 0 Å². The Labute approximate surface area is 201 Å². The molecule has 1 fully saturated rings. The maximum absolute atomic E-state index is 5.52. The number of hydrogen-bond acceptors (Lipinski definition) is 3. The third-order valence-corrected chi connectivity index (χ3v) is 5.79. The number of hydrogen-bond donors (Lipinski definition) is 3. The fourth-order valence-electron chi connectivity index (χ4n) is 4.20. The van der Waals surface area contributed by atoms with Gasteiger partial charge in [0, 0.05) is 49.8 Å². The summed E-state index contributed by atoms with van der Waals surface area (Å²) < 4.78 is 5.52. The average Bonchev–Trinajstić information content (AvgIpc) is 3.39. The van der Waals surface area contributed by atoms with E-state index < -0.39 is 0 Å². The minimum atomic E-state index is 0. The van der Waals surface area contributed by atoms with Gasteiger partial charge in [-0.2, -0.15) is 0 Å². The van der Waals surface area contributed by atoms with Crippen LogP contribution in [-0.2, 0) is 6.42 Å². The summed E-state index contributed by atoms with van der Waals surface area (Å²) in [5.41, 5.74) is 4.96. The Morgan fingerprint density at radius 1 is 1.26 bits per heavy atom. The monoisotopic (exact) mass is 533 g/mol. The number of rotatable bonds is 6. The van der Waals surface area contributed by atoms with Crippen LogP contribution in [0.15, 0.2) is 53.7 Å². The molecule has 2 aromatic carbocycles. The number of ether oxygens (including phenoxy) is 1. The predicted octanol–water partition coefficient (Wildman–Crippen LogP) is 4.09. The number of aromatic amines is 1. The van der Waals surface area contributed by atoms with Crippen LogP contribution in [0.4, 0.5) is 5.69 Å². The molecule has 0 spiro atoms. The van der Waals surface area contributed by atoms with E-state index in [0.717, 1.165) is 49.9 Å². The molecule has 1 aromatic heterocycles. The first-order valence-corrected chi connectivity index (χ1v) is 10.6. The minimum absolute atomic E-state index is 0. The van der Waals surface area contributed by atoms with E-state index in [0.29, 0.717) is 6.04 Å². The topological polar surface area (TPSA) is 64.7 Å². The smallest absolute Gasteiger partial charge is 0.191 e. The number of methoxy groups -OCH3 is 1. The van der Waals surface area contributed by atoms with Crippen LogP contribution in [0.2, 0.25) is 0 Å². The van der Waals surface area contributed by atoms with Crippen molar-refractivity contribution in [1.82, 2.24) is 15.6 Å². The number of H-pyrrole nitrogens is 1. The highest BCUT2D eigenvalue weighted by molar-refractivity contribution is 14.0. The number of guanidine groups is 1. The molecule has 1 atom stereocenters. The van der Waals surface area contributed by atoms with Crippen LogP contribution in [0, 0.1) is 6.92 Å². The highest BCUT2D eigenvalue weighted by Crippen LogP contribution is 2.30. The third-order valence-electron chi connectivity index (χ3n) is 5.79. The van der Waals surface area contributed by atoms with Crippen molar-refractivity contribution in [2.45, 2.75) is 25.8 Å². The summed E-state index contributed by atoms with van der Waals surface area (Å²) >= 11 is 0. The Bertz CT molecular complexity index is 1030. The van der Waals surface area contributed by atoms with Crippen LogP contribution in [-0.4, -0.2) is 50.8 Å². The van der Waals surface area contributed by atoms with Crippen molar-refractivity contribution in [2.75, 3.05) is 38.7 Å². The lowest BCUT2D eigenvalue weighted by atomic mass is 10.1. The fraction of sp³-hybridized carbons (Fsp3) is 0.375. The number of aryl methyl sites for hydroxylation is 1. The second kappa shape index (κ2) is 10.7. The molecule has 0 aliphatic carbocycles. The number of aromatic nitrogens is 1. The lowest BCUT2D eigenvalue weighted by molar-refractivity contribution is 0.415. The van der Waals surface area contributed by atoms with Gasteiger partial charge in [-0.1, -0.05) is 24.3 Å². The zero-order valence-corrected chi connectivity index (χ0v) is 20.8. The Kier molecular flexibility index (Phi) is 8.06. The molecule has 1 saturated heterocycles.